The molecular formula is C15H22Cl2N2O2. The highest BCUT2D eigenvalue weighted by Gasteiger charge is 2.14. The van der Waals surface area contributed by atoms with Gasteiger partial charge in [-0.3, -0.25) is 0 Å². The zero-order valence-corrected chi connectivity index (χ0v) is 13.8. The average molecular weight is 333 g/mol. The van der Waals surface area contributed by atoms with E-state index in [0.29, 0.717) is 17.3 Å². The number of hydrogen-bond donors (Lipinski definition) is 2. The zero-order chi connectivity index (χ0) is 14.4. The summed E-state index contributed by atoms with van der Waals surface area (Å²) in [6.07, 6.45) is 3.49. The number of quaternary nitrogens is 1. The first-order chi connectivity index (χ1) is 9.66. The Morgan fingerprint density at radius 2 is 2.05 bits per heavy atom. The van der Waals surface area contributed by atoms with Gasteiger partial charge in [-0.05, 0) is 37.8 Å². The van der Waals surface area contributed by atoms with E-state index in [1.807, 2.05) is 19.1 Å². The van der Waals surface area contributed by atoms with Crippen LogP contribution in [0.1, 0.15) is 24.8 Å². The molecular weight excluding hydrogens is 311 g/mol. The molecule has 1 heterocycles. The number of carbonyl (C=O) groups is 1. The summed E-state index contributed by atoms with van der Waals surface area (Å²) in [5.41, 5.74) is 0.856. The molecule has 2 N–H and O–H groups in total. The first kappa shape index (κ1) is 18.1. The molecule has 2 rings (SSSR count). The Morgan fingerprint density at radius 3 is 2.71 bits per heavy atom. The fraction of sp³-hybridized carbons (Fsp3) is 0.533. The van der Waals surface area contributed by atoms with Crippen molar-refractivity contribution in [1.29, 1.82) is 0 Å². The van der Waals surface area contributed by atoms with E-state index in [1.165, 1.54) is 32.4 Å². The van der Waals surface area contributed by atoms with E-state index in [0.717, 1.165) is 12.1 Å². The van der Waals surface area contributed by atoms with Gasteiger partial charge in [0, 0.05) is 0 Å². The van der Waals surface area contributed by atoms with Gasteiger partial charge in [0.15, 0.2) is 5.75 Å². The Labute approximate surface area is 137 Å². The number of benzene rings is 1. The van der Waals surface area contributed by atoms with Gasteiger partial charge in [0.25, 0.3) is 0 Å². The van der Waals surface area contributed by atoms with Crippen molar-refractivity contribution in [1.82, 2.24) is 5.32 Å². The number of likely N-dealkylation sites (tertiary alicyclic amines) is 1. The van der Waals surface area contributed by atoms with Gasteiger partial charge >= 0.3 is 6.09 Å². The maximum absolute atomic E-state index is 11.8. The van der Waals surface area contributed by atoms with E-state index in [4.69, 9.17) is 16.3 Å². The first-order valence-electron chi connectivity index (χ1n) is 7.21. The zero-order valence-electron chi connectivity index (χ0n) is 12.3. The van der Waals surface area contributed by atoms with Crippen LogP contribution in [0.25, 0.3) is 0 Å². The Hall–Kier alpha value is -0.970. The molecule has 0 bridgehead atoms. The fourth-order valence-corrected chi connectivity index (χ4v) is 2.78. The van der Waals surface area contributed by atoms with Crippen molar-refractivity contribution in [2.24, 2.45) is 0 Å². The Bertz CT molecular complexity index is 443. The van der Waals surface area contributed by atoms with Gasteiger partial charge in [-0.1, -0.05) is 23.7 Å². The van der Waals surface area contributed by atoms with Crippen molar-refractivity contribution in [2.75, 3.05) is 26.2 Å². The second kappa shape index (κ2) is 9.13. The number of amides is 1. The van der Waals surface area contributed by atoms with Crippen LogP contribution in [0.5, 0.6) is 5.75 Å². The summed E-state index contributed by atoms with van der Waals surface area (Å²) in [6, 6.07) is 5.42. The van der Waals surface area contributed by atoms with Gasteiger partial charge < -0.3 is 27.4 Å². The van der Waals surface area contributed by atoms with E-state index >= 15 is 0 Å². The maximum Gasteiger partial charge on any atom is 0.412 e. The normalized spacial score (nSPS) is 15.1. The molecule has 1 aliphatic heterocycles. The standard InChI is InChI=1S/C15H21ClN2O2.ClH/c1-12-6-5-7-13(16)14(12)20-15(19)17-8-11-18-9-3-2-4-10-18;/h5-7H,2-4,8-11H2,1H3,(H,17,19);1H. The molecule has 4 nitrogen and oxygen atoms in total. The minimum atomic E-state index is -0.433. The Balaban J connectivity index is 0.00000220. The maximum atomic E-state index is 11.8. The Morgan fingerprint density at radius 1 is 1.33 bits per heavy atom. The summed E-state index contributed by atoms with van der Waals surface area (Å²) >= 11 is 6.02. The number of hydrogen-bond acceptors (Lipinski definition) is 2. The minimum Gasteiger partial charge on any atom is -1.00 e. The van der Waals surface area contributed by atoms with Crippen molar-refractivity contribution in [3.8, 4) is 5.75 Å². The topological polar surface area (TPSA) is 42.8 Å². The molecule has 0 saturated carbocycles. The number of ether oxygens (including phenoxy) is 1. The number of aryl methyl sites for hydroxylation is 1. The molecule has 1 aromatic rings. The first-order valence-corrected chi connectivity index (χ1v) is 7.59. The van der Waals surface area contributed by atoms with E-state index in [2.05, 4.69) is 5.32 Å². The smallest absolute Gasteiger partial charge is 0.412 e. The quantitative estimate of drug-likeness (QED) is 0.728. The van der Waals surface area contributed by atoms with Gasteiger partial charge in [0.2, 0.25) is 0 Å². The van der Waals surface area contributed by atoms with Gasteiger partial charge in [0.1, 0.15) is 0 Å². The van der Waals surface area contributed by atoms with Crippen LogP contribution in [0, 0.1) is 6.92 Å². The van der Waals surface area contributed by atoms with Crippen LogP contribution in [0.2, 0.25) is 5.02 Å². The molecule has 1 aliphatic rings. The third-order valence-corrected chi connectivity index (χ3v) is 3.96. The number of nitrogens with one attached hydrogen (secondary N) is 2. The molecule has 0 aliphatic carbocycles. The highest BCUT2D eigenvalue weighted by molar-refractivity contribution is 6.32. The van der Waals surface area contributed by atoms with Crippen molar-refractivity contribution < 1.29 is 26.8 Å². The van der Waals surface area contributed by atoms with Crippen LogP contribution >= 0.6 is 11.6 Å². The summed E-state index contributed by atoms with van der Waals surface area (Å²) in [7, 11) is 0. The third-order valence-electron chi connectivity index (χ3n) is 3.67. The summed E-state index contributed by atoms with van der Waals surface area (Å²) in [6.45, 7) is 5.88. The van der Waals surface area contributed by atoms with Crippen molar-refractivity contribution >= 4 is 17.7 Å². The van der Waals surface area contributed by atoms with Crippen LogP contribution in [-0.4, -0.2) is 32.3 Å². The summed E-state index contributed by atoms with van der Waals surface area (Å²) in [4.78, 5) is 13.3. The second-order valence-corrected chi connectivity index (χ2v) is 5.67. The fourth-order valence-electron chi connectivity index (χ4n) is 2.52. The monoisotopic (exact) mass is 332 g/mol. The lowest BCUT2D eigenvalue weighted by Crippen LogP contribution is -3.13. The van der Waals surface area contributed by atoms with Gasteiger partial charge in [-0.15, -0.1) is 0 Å². The molecule has 6 heteroatoms. The molecule has 0 spiro atoms. The van der Waals surface area contributed by atoms with Gasteiger partial charge in [-0.25, -0.2) is 4.79 Å². The van der Waals surface area contributed by atoms with Crippen LogP contribution < -0.4 is 27.4 Å². The van der Waals surface area contributed by atoms with Gasteiger partial charge in [-0.2, -0.15) is 0 Å². The molecule has 1 amide bonds. The van der Waals surface area contributed by atoms with Crippen LogP contribution in [0.4, 0.5) is 4.79 Å². The van der Waals surface area contributed by atoms with Crippen LogP contribution in [0.15, 0.2) is 18.2 Å². The molecule has 1 saturated heterocycles. The molecule has 0 aromatic heterocycles. The predicted molar refractivity (Wildman–Crippen MR) is 79.6 cm³/mol. The molecule has 0 unspecified atom stereocenters. The van der Waals surface area contributed by atoms with E-state index in [1.54, 1.807) is 11.0 Å². The van der Waals surface area contributed by atoms with E-state index in [-0.39, 0.29) is 12.4 Å². The molecule has 1 fully saturated rings. The summed E-state index contributed by atoms with van der Waals surface area (Å²) in [5.74, 6) is 0.442. The van der Waals surface area contributed by atoms with Crippen molar-refractivity contribution in [3.05, 3.63) is 28.8 Å². The molecule has 0 atom stereocenters. The van der Waals surface area contributed by atoms with Crippen molar-refractivity contribution in [2.45, 2.75) is 26.2 Å². The van der Waals surface area contributed by atoms with Gasteiger partial charge in [0.05, 0.1) is 31.2 Å². The number of rotatable bonds is 4. The Kier molecular flexibility index (Phi) is 7.86. The SMILES string of the molecule is Cc1cccc(Cl)c1OC(=O)NCC[NH+]1CCCCC1.[Cl-]. The molecule has 0 radical (unpaired) electrons. The largest absolute Gasteiger partial charge is 1.00 e. The number of para-hydroxylation sites is 1. The lowest BCUT2D eigenvalue weighted by molar-refractivity contribution is -0.903. The molecule has 1 aromatic carbocycles. The minimum absolute atomic E-state index is 0. The highest BCUT2D eigenvalue weighted by Crippen LogP contribution is 2.27. The molecule has 21 heavy (non-hydrogen) atoms. The van der Waals surface area contributed by atoms with Crippen LogP contribution in [-0.2, 0) is 0 Å². The predicted octanol–water partition coefficient (Wildman–Crippen LogP) is -1.19. The lowest BCUT2D eigenvalue weighted by atomic mass is 10.1. The lowest BCUT2D eigenvalue weighted by Gasteiger charge is -2.23. The molecule has 118 valence electrons. The summed E-state index contributed by atoms with van der Waals surface area (Å²) < 4.78 is 5.27. The number of carbonyl (C=O) groups excluding carboxylic acids is 1. The number of halogens is 2. The van der Waals surface area contributed by atoms with Crippen LogP contribution in [0.3, 0.4) is 0 Å². The average Bonchev–Trinajstić information content (AvgIpc) is 2.44. The third kappa shape index (κ3) is 5.73. The van der Waals surface area contributed by atoms with E-state index in [9.17, 15) is 4.79 Å². The number of piperidine rings is 1. The highest BCUT2D eigenvalue weighted by atomic mass is 35.5. The van der Waals surface area contributed by atoms with Crippen molar-refractivity contribution in [3.63, 3.8) is 0 Å². The second-order valence-electron chi connectivity index (χ2n) is 5.26. The summed E-state index contributed by atoms with van der Waals surface area (Å²) in [5, 5.41) is 3.25. The van der Waals surface area contributed by atoms with E-state index < -0.39 is 6.09 Å².